The van der Waals surface area contributed by atoms with Crippen LogP contribution in [0.25, 0.3) is 16.8 Å². The summed E-state index contributed by atoms with van der Waals surface area (Å²) >= 11 is 0. The van der Waals surface area contributed by atoms with E-state index in [1.54, 1.807) is 6.21 Å². The number of hydrogen-bond acceptors (Lipinski definition) is 4. The molecular weight excluding hydrogens is 296 g/mol. The Morgan fingerprint density at radius 1 is 1.12 bits per heavy atom. The van der Waals surface area contributed by atoms with Crippen molar-refractivity contribution in [1.82, 2.24) is 10.4 Å². The summed E-state index contributed by atoms with van der Waals surface area (Å²) in [5.41, 5.74) is 7.26. The third kappa shape index (κ3) is 5.32. The van der Waals surface area contributed by atoms with Crippen molar-refractivity contribution in [2.24, 2.45) is 10.1 Å². The first-order valence-electron chi connectivity index (χ1n) is 7.85. The maximum absolute atomic E-state index is 4.52. The molecule has 0 saturated carbocycles. The third-order valence-corrected chi connectivity index (χ3v) is 3.13. The number of aliphatic imine (C=N–C) groups is 1. The van der Waals surface area contributed by atoms with Gasteiger partial charge in [-0.05, 0) is 19.7 Å². The monoisotopic (exact) mass is 320 g/mol. The Morgan fingerprint density at radius 3 is 2.38 bits per heavy atom. The third-order valence-electron chi connectivity index (χ3n) is 3.13. The fraction of sp³-hybridized carbons (Fsp3) is 0.150. The average molecular weight is 320 g/mol. The van der Waals surface area contributed by atoms with Crippen molar-refractivity contribution < 1.29 is 0 Å². The SMILES string of the molecule is C=CN/N=C\C(=C(/C)N=C)c1ccc(-c2ccccc2)nc1.CC. The second kappa shape index (κ2) is 10.7. The number of nitrogens with one attached hydrogen (secondary N) is 1. The number of nitrogens with zero attached hydrogens (tertiary/aromatic N) is 3. The summed E-state index contributed by atoms with van der Waals surface area (Å²) in [4.78, 5) is 8.50. The Hall–Kier alpha value is -3.01. The molecule has 1 aromatic heterocycles. The summed E-state index contributed by atoms with van der Waals surface area (Å²) in [6.45, 7) is 13.0. The van der Waals surface area contributed by atoms with Gasteiger partial charge in [-0.25, -0.2) is 0 Å². The van der Waals surface area contributed by atoms with E-state index in [1.165, 1.54) is 6.20 Å². The molecule has 0 atom stereocenters. The van der Waals surface area contributed by atoms with Crippen molar-refractivity contribution in [1.29, 1.82) is 0 Å². The highest BCUT2D eigenvalue weighted by Gasteiger charge is 2.05. The lowest BCUT2D eigenvalue weighted by Gasteiger charge is -2.06. The van der Waals surface area contributed by atoms with Gasteiger partial charge in [-0.3, -0.25) is 15.4 Å². The number of hydrazone groups is 1. The molecule has 2 rings (SSSR count). The highest BCUT2D eigenvalue weighted by atomic mass is 15.3. The second-order valence-corrected chi connectivity index (χ2v) is 4.55. The molecule has 0 spiro atoms. The van der Waals surface area contributed by atoms with Crippen molar-refractivity contribution >= 4 is 18.5 Å². The molecule has 24 heavy (non-hydrogen) atoms. The lowest BCUT2D eigenvalue weighted by atomic mass is 10.1. The van der Waals surface area contributed by atoms with Gasteiger partial charge in [-0.15, -0.1) is 0 Å². The van der Waals surface area contributed by atoms with E-state index in [-0.39, 0.29) is 0 Å². The molecule has 0 amide bonds. The quantitative estimate of drug-likeness (QED) is 0.606. The van der Waals surface area contributed by atoms with E-state index in [1.807, 2.05) is 69.4 Å². The molecule has 1 N–H and O–H groups in total. The first kappa shape index (κ1) is 19.0. The number of pyridine rings is 1. The summed E-state index contributed by atoms with van der Waals surface area (Å²) in [6, 6.07) is 14.0. The van der Waals surface area contributed by atoms with Gasteiger partial charge in [-0.1, -0.05) is 56.8 Å². The average Bonchev–Trinajstić information content (AvgIpc) is 2.67. The van der Waals surface area contributed by atoms with Gasteiger partial charge in [0.2, 0.25) is 0 Å². The van der Waals surface area contributed by atoms with Crippen molar-refractivity contribution in [2.75, 3.05) is 0 Å². The van der Waals surface area contributed by atoms with Crippen molar-refractivity contribution in [2.45, 2.75) is 20.8 Å². The molecule has 0 aliphatic carbocycles. The van der Waals surface area contributed by atoms with Gasteiger partial charge < -0.3 is 0 Å². The lowest BCUT2D eigenvalue weighted by Crippen LogP contribution is -1.97. The second-order valence-electron chi connectivity index (χ2n) is 4.55. The van der Waals surface area contributed by atoms with Crippen molar-refractivity contribution in [3.8, 4) is 11.3 Å². The maximum atomic E-state index is 4.52. The summed E-state index contributed by atoms with van der Waals surface area (Å²) in [5, 5.41) is 4.05. The summed E-state index contributed by atoms with van der Waals surface area (Å²) < 4.78 is 0. The van der Waals surface area contributed by atoms with Crippen LogP contribution in [-0.2, 0) is 0 Å². The minimum Gasteiger partial charge on any atom is -0.286 e. The van der Waals surface area contributed by atoms with Gasteiger partial charge >= 0.3 is 0 Å². The number of rotatable bonds is 6. The van der Waals surface area contributed by atoms with Crippen LogP contribution >= 0.6 is 0 Å². The smallest absolute Gasteiger partial charge is 0.0702 e. The van der Waals surface area contributed by atoms with Crippen LogP contribution < -0.4 is 5.43 Å². The predicted octanol–water partition coefficient (Wildman–Crippen LogP) is 4.93. The van der Waals surface area contributed by atoms with E-state index in [0.717, 1.165) is 28.1 Å². The molecule has 0 saturated heterocycles. The standard InChI is InChI=1S/C18H18N4.C2H6/c1-4-21-22-13-17(14(2)19-3)16-10-11-18(20-12-16)15-8-6-5-7-9-15;1-2/h4-13,21H,1,3H2,2H3;1-2H3/b17-14-,22-13-;. The van der Waals surface area contributed by atoms with E-state index in [4.69, 9.17) is 0 Å². The molecule has 0 radical (unpaired) electrons. The number of hydrogen-bond donors (Lipinski definition) is 1. The molecule has 0 fully saturated rings. The van der Waals surface area contributed by atoms with Crippen LogP contribution in [0.2, 0.25) is 0 Å². The maximum Gasteiger partial charge on any atom is 0.0702 e. The normalized spacial score (nSPS) is 11.1. The number of allylic oxidation sites excluding steroid dienone is 2. The van der Waals surface area contributed by atoms with Crippen LogP contribution in [-0.4, -0.2) is 17.9 Å². The molecule has 0 aliphatic heterocycles. The zero-order valence-electron chi connectivity index (χ0n) is 14.5. The molecule has 0 bridgehead atoms. The van der Waals surface area contributed by atoms with Gasteiger partial charge in [-0.2, -0.15) is 5.10 Å². The molecule has 4 nitrogen and oxygen atoms in total. The molecule has 4 heteroatoms. The predicted molar refractivity (Wildman–Crippen MR) is 105 cm³/mol. The molecular formula is C20H24N4. The van der Waals surface area contributed by atoms with Crippen LogP contribution in [0.5, 0.6) is 0 Å². The summed E-state index contributed by atoms with van der Waals surface area (Å²) in [7, 11) is 0. The molecule has 124 valence electrons. The van der Waals surface area contributed by atoms with E-state index in [2.05, 4.69) is 33.8 Å². The minimum atomic E-state index is 0.781. The zero-order chi connectivity index (χ0) is 17.8. The van der Waals surface area contributed by atoms with Crippen molar-refractivity contribution in [3.05, 3.63) is 72.7 Å². The minimum absolute atomic E-state index is 0.781. The van der Waals surface area contributed by atoms with E-state index >= 15 is 0 Å². The van der Waals surface area contributed by atoms with Gasteiger partial charge in [0, 0.05) is 34.8 Å². The first-order valence-corrected chi connectivity index (χ1v) is 7.85. The Kier molecular flexibility index (Phi) is 8.47. The Balaban J connectivity index is 0.00000139. The molecule has 1 heterocycles. The Morgan fingerprint density at radius 2 is 1.83 bits per heavy atom. The zero-order valence-corrected chi connectivity index (χ0v) is 14.5. The van der Waals surface area contributed by atoms with Crippen LogP contribution in [0.4, 0.5) is 0 Å². The van der Waals surface area contributed by atoms with Crippen LogP contribution in [0.1, 0.15) is 26.3 Å². The fourth-order valence-corrected chi connectivity index (χ4v) is 1.95. The Bertz CT molecular complexity index is 698. The largest absolute Gasteiger partial charge is 0.286 e. The Labute approximate surface area is 144 Å². The topological polar surface area (TPSA) is 49.6 Å². The number of benzene rings is 1. The molecule has 0 aliphatic rings. The van der Waals surface area contributed by atoms with Gasteiger partial charge in [0.05, 0.1) is 11.9 Å². The van der Waals surface area contributed by atoms with E-state index in [0.29, 0.717) is 0 Å². The van der Waals surface area contributed by atoms with Crippen molar-refractivity contribution in [3.63, 3.8) is 0 Å². The van der Waals surface area contributed by atoms with Crippen LogP contribution in [0.3, 0.4) is 0 Å². The first-order chi connectivity index (χ1) is 11.8. The van der Waals surface area contributed by atoms with E-state index in [9.17, 15) is 0 Å². The summed E-state index contributed by atoms with van der Waals surface area (Å²) in [6.07, 6.45) is 5.00. The lowest BCUT2D eigenvalue weighted by molar-refractivity contribution is 0.981. The number of aromatic nitrogens is 1. The van der Waals surface area contributed by atoms with Gasteiger partial charge in [0.1, 0.15) is 0 Å². The highest BCUT2D eigenvalue weighted by Crippen LogP contribution is 2.21. The summed E-state index contributed by atoms with van der Waals surface area (Å²) in [5.74, 6) is 0. The van der Waals surface area contributed by atoms with Crippen LogP contribution in [0.15, 0.2) is 77.2 Å². The molecule has 0 unspecified atom stereocenters. The van der Waals surface area contributed by atoms with E-state index < -0.39 is 0 Å². The molecule has 1 aromatic carbocycles. The fourth-order valence-electron chi connectivity index (χ4n) is 1.95. The molecule has 2 aromatic rings. The highest BCUT2D eigenvalue weighted by molar-refractivity contribution is 6.10. The van der Waals surface area contributed by atoms with Gasteiger partial charge in [0.25, 0.3) is 0 Å². The van der Waals surface area contributed by atoms with Gasteiger partial charge in [0.15, 0.2) is 0 Å². The van der Waals surface area contributed by atoms with Crippen LogP contribution in [0, 0.1) is 0 Å².